The second-order valence-electron chi connectivity index (χ2n) is 10.7. The first-order valence-electron chi connectivity index (χ1n) is 14.4. The number of allylic oxidation sites excluding steroid dienone is 4. The Bertz CT molecular complexity index is 1370. The van der Waals surface area contributed by atoms with Crippen LogP contribution in [0.1, 0.15) is 25.1 Å². The molecule has 1 aromatic heterocycles. The quantitative estimate of drug-likeness (QED) is 0.155. The van der Waals surface area contributed by atoms with Crippen LogP contribution < -0.4 is 26.4 Å². The Labute approximate surface area is 239 Å². The van der Waals surface area contributed by atoms with Crippen molar-refractivity contribution in [3.63, 3.8) is 0 Å². The first-order valence-corrected chi connectivity index (χ1v) is 14.4. The van der Waals surface area contributed by atoms with Gasteiger partial charge < -0.3 is 0 Å². The van der Waals surface area contributed by atoms with Gasteiger partial charge in [-0.15, -0.1) is 0 Å². The summed E-state index contributed by atoms with van der Waals surface area (Å²) in [5.41, 5.74) is 6.93. The van der Waals surface area contributed by atoms with E-state index in [-0.39, 0.29) is 0 Å². The van der Waals surface area contributed by atoms with E-state index in [2.05, 4.69) is 175 Å². The number of aryl methyl sites for hydroxylation is 2. The molecule has 0 spiro atoms. The van der Waals surface area contributed by atoms with Gasteiger partial charge in [-0.25, -0.2) is 9.13 Å². The van der Waals surface area contributed by atoms with E-state index < -0.39 is 6.15 Å². The standard InChI is InChI=1S/C24H20B.C13H19N2/c1-5-13-21(14-6-1)25(22-15-7-2-8-16-22,23-17-9-3-10-18-23)24-19-11-4-12-20-24;1-12-14(2)10-11-15(12)9-8-13-6-4-3-5-7-13/h1-20H;3-4,7,10-11H,5-6,8-9H2,1-2H3/q-1;+1. The van der Waals surface area contributed by atoms with Crippen LogP contribution in [0.3, 0.4) is 0 Å². The van der Waals surface area contributed by atoms with Crippen LogP contribution in [0.5, 0.6) is 0 Å². The van der Waals surface area contributed by atoms with E-state index in [9.17, 15) is 0 Å². The van der Waals surface area contributed by atoms with Gasteiger partial charge >= 0.3 is 0 Å². The molecule has 0 fully saturated rings. The van der Waals surface area contributed by atoms with Crippen LogP contribution in [-0.4, -0.2) is 10.7 Å². The predicted molar refractivity (Wildman–Crippen MR) is 171 cm³/mol. The van der Waals surface area contributed by atoms with Crippen LogP contribution in [0.15, 0.2) is 158 Å². The summed E-state index contributed by atoms with van der Waals surface area (Å²) in [6, 6.07) is 43.5. The molecule has 0 atom stereocenters. The van der Waals surface area contributed by atoms with E-state index in [1.807, 2.05) is 0 Å². The smallest absolute Gasteiger partial charge is 0.237 e. The molecular weight excluding hydrogens is 483 g/mol. The molecule has 5 aromatic rings. The molecule has 1 heterocycles. The number of hydrogen-bond donors (Lipinski definition) is 0. The third-order valence-electron chi connectivity index (χ3n) is 8.36. The van der Waals surface area contributed by atoms with E-state index in [0.29, 0.717) is 0 Å². The average Bonchev–Trinajstić information content (AvgIpc) is 3.36. The summed E-state index contributed by atoms with van der Waals surface area (Å²) >= 11 is 0. The molecule has 0 amide bonds. The third-order valence-corrected chi connectivity index (χ3v) is 8.36. The summed E-state index contributed by atoms with van der Waals surface area (Å²) in [6.45, 7) is 3.27. The van der Waals surface area contributed by atoms with E-state index in [1.54, 1.807) is 5.57 Å². The number of imidazole rings is 1. The molecule has 200 valence electrons. The van der Waals surface area contributed by atoms with Gasteiger partial charge in [-0.05, 0) is 12.8 Å². The van der Waals surface area contributed by atoms with Crippen molar-refractivity contribution in [3.05, 3.63) is 163 Å². The average molecular weight is 523 g/mol. The third kappa shape index (κ3) is 5.94. The van der Waals surface area contributed by atoms with Gasteiger partial charge in [0, 0.05) is 13.3 Å². The highest BCUT2D eigenvalue weighted by Crippen LogP contribution is 2.15. The van der Waals surface area contributed by atoms with Gasteiger partial charge in [0.1, 0.15) is 18.5 Å². The SMILES string of the molecule is Cc1n(CCC2=CCC=CC2)cc[n+]1C.c1ccc([B-](c2ccccc2)(c2ccccc2)c2ccccc2)cc1. The first kappa shape index (κ1) is 27.2. The Morgan fingerprint density at radius 3 is 1.45 bits per heavy atom. The maximum Gasteiger partial charge on any atom is 0.253 e. The van der Waals surface area contributed by atoms with Gasteiger partial charge in [0.15, 0.2) is 0 Å². The van der Waals surface area contributed by atoms with Gasteiger partial charge in [0.2, 0.25) is 0 Å². The maximum absolute atomic E-state index is 2.36. The Kier molecular flexibility index (Phi) is 8.93. The Balaban J connectivity index is 0.000000184. The minimum atomic E-state index is -1.22. The van der Waals surface area contributed by atoms with Crippen LogP contribution in [0.2, 0.25) is 0 Å². The van der Waals surface area contributed by atoms with Crippen molar-refractivity contribution in [2.24, 2.45) is 7.05 Å². The molecule has 0 unspecified atom stereocenters. The van der Waals surface area contributed by atoms with Gasteiger partial charge in [0.05, 0.1) is 13.6 Å². The summed E-state index contributed by atoms with van der Waals surface area (Å²) in [7, 11) is 2.09. The molecule has 4 aromatic carbocycles. The lowest BCUT2D eigenvalue weighted by molar-refractivity contribution is -0.677. The fourth-order valence-electron chi connectivity index (χ4n) is 6.07. The lowest BCUT2D eigenvalue weighted by atomic mass is 9.13. The summed E-state index contributed by atoms with van der Waals surface area (Å²) in [5.74, 6) is 1.32. The molecule has 0 N–H and O–H groups in total. The van der Waals surface area contributed by atoms with Crippen LogP contribution in [-0.2, 0) is 13.6 Å². The number of rotatable bonds is 7. The molecule has 1 aliphatic rings. The van der Waals surface area contributed by atoms with Gasteiger partial charge in [-0.3, -0.25) is 0 Å². The molecular formula is C37H39BN2. The lowest BCUT2D eigenvalue weighted by Crippen LogP contribution is -2.74. The lowest BCUT2D eigenvalue weighted by Gasteiger charge is -2.44. The van der Waals surface area contributed by atoms with Crippen LogP contribution in [0.4, 0.5) is 0 Å². The van der Waals surface area contributed by atoms with Crippen LogP contribution >= 0.6 is 0 Å². The summed E-state index contributed by atoms with van der Waals surface area (Å²) in [5, 5.41) is 0. The summed E-state index contributed by atoms with van der Waals surface area (Å²) in [6.07, 6.45) is 13.4. The zero-order chi connectivity index (χ0) is 27.6. The van der Waals surface area contributed by atoms with Crippen molar-refractivity contribution in [1.29, 1.82) is 0 Å². The molecule has 0 saturated heterocycles. The Morgan fingerprint density at radius 1 is 0.650 bits per heavy atom. The van der Waals surface area contributed by atoms with Crippen molar-refractivity contribution in [3.8, 4) is 0 Å². The Morgan fingerprint density at radius 2 is 1.10 bits per heavy atom. The zero-order valence-electron chi connectivity index (χ0n) is 23.7. The van der Waals surface area contributed by atoms with Crippen LogP contribution in [0, 0.1) is 6.92 Å². The number of hydrogen-bond acceptors (Lipinski definition) is 0. The summed E-state index contributed by atoms with van der Waals surface area (Å²) in [4.78, 5) is 0. The minimum absolute atomic E-state index is 1.10. The highest BCUT2D eigenvalue weighted by Gasteiger charge is 2.31. The first-order chi connectivity index (χ1) is 19.7. The number of aromatic nitrogens is 2. The molecule has 0 aliphatic heterocycles. The van der Waals surface area contributed by atoms with Gasteiger partial charge in [-0.2, -0.15) is 21.9 Å². The number of benzene rings is 4. The monoisotopic (exact) mass is 522 g/mol. The molecule has 0 radical (unpaired) electrons. The molecule has 3 heteroatoms. The normalized spacial score (nSPS) is 12.8. The van der Waals surface area contributed by atoms with Gasteiger partial charge in [0.25, 0.3) is 5.82 Å². The molecule has 1 aliphatic carbocycles. The second kappa shape index (κ2) is 13.1. The van der Waals surface area contributed by atoms with E-state index >= 15 is 0 Å². The summed E-state index contributed by atoms with van der Waals surface area (Å²) < 4.78 is 4.48. The fourth-order valence-corrected chi connectivity index (χ4v) is 6.07. The molecule has 0 saturated carbocycles. The van der Waals surface area contributed by atoms with Crippen LogP contribution in [0.25, 0.3) is 0 Å². The van der Waals surface area contributed by atoms with E-state index in [4.69, 9.17) is 0 Å². The highest BCUT2D eigenvalue weighted by atomic mass is 15.1. The molecule has 6 rings (SSSR count). The van der Waals surface area contributed by atoms with Crippen molar-refractivity contribution < 1.29 is 4.57 Å². The molecule has 40 heavy (non-hydrogen) atoms. The maximum atomic E-state index is 2.36. The van der Waals surface area contributed by atoms with E-state index in [1.165, 1.54) is 34.1 Å². The number of nitrogens with zero attached hydrogens (tertiary/aromatic N) is 2. The fraction of sp³-hybridized carbons (Fsp3) is 0.162. The second-order valence-corrected chi connectivity index (χ2v) is 10.7. The minimum Gasteiger partial charge on any atom is -0.237 e. The topological polar surface area (TPSA) is 8.81 Å². The predicted octanol–water partition coefficient (Wildman–Crippen LogP) is 5.35. The molecule has 2 nitrogen and oxygen atoms in total. The van der Waals surface area contributed by atoms with Crippen molar-refractivity contribution in [2.45, 2.75) is 32.7 Å². The zero-order valence-corrected chi connectivity index (χ0v) is 23.7. The molecule has 0 bridgehead atoms. The van der Waals surface area contributed by atoms with Crippen molar-refractivity contribution in [2.75, 3.05) is 0 Å². The van der Waals surface area contributed by atoms with Crippen molar-refractivity contribution >= 4 is 28.0 Å². The largest absolute Gasteiger partial charge is 0.253 e. The van der Waals surface area contributed by atoms with E-state index in [0.717, 1.165) is 19.4 Å². The highest BCUT2D eigenvalue weighted by molar-refractivity contribution is 7.19. The Hall–Kier alpha value is -4.37. The van der Waals surface area contributed by atoms with Gasteiger partial charge in [-0.1, -0.05) is 145 Å². The van der Waals surface area contributed by atoms with Crippen molar-refractivity contribution in [1.82, 2.24) is 4.57 Å².